The number of rotatable bonds is 3. The lowest BCUT2D eigenvalue weighted by molar-refractivity contribution is -0.138. The second kappa shape index (κ2) is 5.84. The van der Waals surface area contributed by atoms with E-state index in [1.165, 1.54) is 0 Å². The number of carbonyl (C=O) groups excluding carboxylic acids is 2. The molecule has 0 bridgehead atoms. The van der Waals surface area contributed by atoms with E-state index in [4.69, 9.17) is 0 Å². The molecule has 1 fully saturated rings. The van der Waals surface area contributed by atoms with Gasteiger partial charge in [-0.1, -0.05) is 18.2 Å². The normalized spacial score (nSPS) is 19.4. The van der Waals surface area contributed by atoms with Gasteiger partial charge in [0.15, 0.2) is 0 Å². The molecular weight excluding hydrogens is 242 g/mol. The number of nitrogens with one attached hydrogen (secondary N) is 2. The Balaban J connectivity index is 1.94. The first-order valence-corrected chi connectivity index (χ1v) is 6.45. The number of carbonyl (C=O) groups is 2. The van der Waals surface area contributed by atoms with Crippen molar-refractivity contribution in [3.63, 3.8) is 0 Å². The quantitative estimate of drug-likeness (QED) is 0.844. The third kappa shape index (κ3) is 3.32. The predicted octanol–water partition coefficient (Wildman–Crippen LogP) is 0.754. The van der Waals surface area contributed by atoms with Crippen LogP contribution in [0.25, 0.3) is 0 Å². The molecule has 1 heterocycles. The van der Waals surface area contributed by atoms with Crippen LogP contribution in [-0.4, -0.2) is 42.4 Å². The Hall–Kier alpha value is -1.88. The molecule has 1 aliphatic rings. The fraction of sp³-hybridized carbons (Fsp3) is 0.429. The number of nitrogens with zero attached hydrogens (tertiary/aromatic N) is 1. The summed E-state index contributed by atoms with van der Waals surface area (Å²) in [7, 11) is 0. The Kier molecular flexibility index (Phi) is 4.16. The van der Waals surface area contributed by atoms with Crippen LogP contribution in [0.1, 0.15) is 12.5 Å². The van der Waals surface area contributed by atoms with Gasteiger partial charge in [-0.2, -0.15) is 0 Å². The molecule has 0 radical (unpaired) electrons. The van der Waals surface area contributed by atoms with Gasteiger partial charge in [-0.3, -0.25) is 9.59 Å². The molecule has 1 saturated heterocycles. The van der Waals surface area contributed by atoms with E-state index in [1.54, 1.807) is 4.90 Å². The van der Waals surface area contributed by atoms with Crippen molar-refractivity contribution in [3.8, 4) is 0 Å². The van der Waals surface area contributed by atoms with Crippen molar-refractivity contribution >= 4 is 17.5 Å². The highest BCUT2D eigenvalue weighted by Gasteiger charge is 2.26. The first-order chi connectivity index (χ1) is 9.08. The molecule has 2 amide bonds. The summed E-state index contributed by atoms with van der Waals surface area (Å²) < 4.78 is 0. The molecule has 1 atom stereocenters. The summed E-state index contributed by atoms with van der Waals surface area (Å²) in [5.41, 5.74) is 1.80. The third-order valence-corrected chi connectivity index (χ3v) is 3.27. The number of hydrogen-bond acceptors (Lipinski definition) is 3. The average Bonchev–Trinajstić information content (AvgIpc) is 2.38. The number of hydrogen-bond donors (Lipinski definition) is 2. The van der Waals surface area contributed by atoms with Crippen LogP contribution in [0.2, 0.25) is 0 Å². The molecule has 0 aliphatic carbocycles. The molecule has 0 spiro atoms. The van der Waals surface area contributed by atoms with Gasteiger partial charge in [0.05, 0.1) is 12.6 Å². The van der Waals surface area contributed by atoms with E-state index >= 15 is 0 Å². The number of amides is 2. The summed E-state index contributed by atoms with van der Waals surface area (Å²) in [6, 6.07) is 7.39. The second-order valence-corrected chi connectivity index (χ2v) is 4.80. The highest BCUT2D eigenvalue weighted by Crippen LogP contribution is 2.13. The monoisotopic (exact) mass is 261 g/mol. The molecule has 5 nitrogen and oxygen atoms in total. The van der Waals surface area contributed by atoms with Crippen molar-refractivity contribution in [2.75, 3.05) is 25.0 Å². The highest BCUT2D eigenvalue weighted by atomic mass is 16.2. The molecule has 1 aliphatic heterocycles. The zero-order valence-electron chi connectivity index (χ0n) is 11.3. The summed E-state index contributed by atoms with van der Waals surface area (Å²) in [6.45, 7) is 5.16. The van der Waals surface area contributed by atoms with Crippen LogP contribution in [0.5, 0.6) is 0 Å². The van der Waals surface area contributed by atoms with E-state index in [0.717, 1.165) is 17.8 Å². The summed E-state index contributed by atoms with van der Waals surface area (Å²) >= 11 is 0. The topological polar surface area (TPSA) is 61.4 Å². The van der Waals surface area contributed by atoms with E-state index in [0.29, 0.717) is 6.54 Å². The van der Waals surface area contributed by atoms with Crippen LogP contribution >= 0.6 is 0 Å². The van der Waals surface area contributed by atoms with Crippen molar-refractivity contribution in [1.29, 1.82) is 0 Å². The molecular formula is C14H19N3O2. The number of piperazine rings is 1. The first-order valence-electron chi connectivity index (χ1n) is 6.45. The van der Waals surface area contributed by atoms with Crippen LogP contribution in [0.4, 0.5) is 5.69 Å². The summed E-state index contributed by atoms with van der Waals surface area (Å²) in [5, 5.41) is 5.91. The molecule has 1 unspecified atom stereocenters. The molecule has 102 valence electrons. The van der Waals surface area contributed by atoms with Gasteiger partial charge in [0.25, 0.3) is 0 Å². The van der Waals surface area contributed by atoms with Crippen LogP contribution in [0, 0.1) is 6.92 Å². The Morgan fingerprint density at radius 3 is 2.95 bits per heavy atom. The van der Waals surface area contributed by atoms with Gasteiger partial charge < -0.3 is 15.5 Å². The standard InChI is InChI=1S/C14H19N3O2/c1-10-5-3-4-6-12(10)16-13(18)9-17-8-7-15-11(2)14(17)19/h3-6,11,15H,7-9H2,1-2H3,(H,16,18). The van der Waals surface area contributed by atoms with Gasteiger partial charge in [0.2, 0.25) is 11.8 Å². The predicted molar refractivity (Wildman–Crippen MR) is 73.9 cm³/mol. The second-order valence-electron chi connectivity index (χ2n) is 4.80. The molecule has 0 aromatic heterocycles. The number of anilines is 1. The molecule has 1 aromatic carbocycles. The van der Waals surface area contributed by atoms with E-state index < -0.39 is 0 Å². The minimum atomic E-state index is -0.208. The van der Waals surface area contributed by atoms with Crippen molar-refractivity contribution in [2.45, 2.75) is 19.9 Å². The Bertz CT molecular complexity index is 487. The number of para-hydroxylation sites is 1. The first kappa shape index (κ1) is 13.5. The fourth-order valence-electron chi connectivity index (χ4n) is 2.12. The zero-order chi connectivity index (χ0) is 13.8. The van der Waals surface area contributed by atoms with E-state index in [1.807, 2.05) is 38.1 Å². The molecule has 19 heavy (non-hydrogen) atoms. The lowest BCUT2D eigenvalue weighted by Gasteiger charge is -2.30. The Labute approximate surface area is 113 Å². The molecule has 0 saturated carbocycles. The average molecular weight is 261 g/mol. The van der Waals surface area contributed by atoms with E-state index in [2.05, 4.69) is 10.6 Å². The zero-order valence-corrected chi connectivity index (χ0v) is 11.3. The Morgan fingerprint density at radius 2 is 2.21 bits per heavy atom. The maximum atomic E-state index is 12.0. The minimum Gasteiger partial charge on any atom is -0.331 e. The summed E-state index contributed by atoms with van der Waals surface area (Å²) in [5.74, 6) is -0.178. The SMILES string of the molecule is Cc1ccccc1NC(=O)CN1CCNC(C)C1=O. The largest absolute Gasteiger partial charge is 0.331 e. The molecule has 2 N–H and O–H groups in total. The highest BCUT2D eigenvalue weighted by molar-refractivity contribution is 5.95. The molecule has 1 aromatic rings. The fourth-order valence-corrected chi connectivity index (χ4v) is 2.12. The maximum Gasteiger partial charge on any atom is 0.244 e. The van der Waals surface area contributed by atoms with Gasteiger partial charge in [-0.05, 0) is 25.5 Å². The molecule has 2 rings (SSSR count). The molecule has 5 heteroatoms. The van der Waals surface area contributed by atoms with Gasteiger partial charge in [-0.15, -0.1) is 0 Å². The van der Waals surface area contributed by atoms with Crippen LogP contribution < -0.4 is 10.6 Å². The lowest BCUT2D eigenvalue weighted by atomic mass is 10.2. The number of benzene rings is 1. The van der Waals surface area contributed by atoms with Crippen molar-refractivity contribution in [2.24, 2.45) is 0 Å². The van der Waals surface area contributed by atoms with Gasteiger partial charge in [-0.25, -0.2) is 0 Å². The lowest BCUT2D eigenvalue weighted by Crippen LogP contribution is -2.55. The maximum absolute atomic E-state index is 12.0. The smallest absolute Gasteiger partial charge is 0.244 e. The van der Waals surface area contributed by atoms with Crippen molar-refractivity contribution in [1.82, 2.24) is 10.2 Å². The van der Waals surface area contributed by atoms with E-state index in [-0.39, 0.29) is 24.4 Å². The van der Waals surface area contributed by atoms with Crippen LogP contribution in [0.15, 0.2) is 24.3 Å². The van der Waals surface area contributed by atoms with Crippen LogP contribution in [-0.2, 0) is 9.59 Å². The van der Waals surface area contributed by atoms with E-state index in [9.17, 15) is 9.59 Å². The van der Waals surface area contributed by atoms with Crippen LogP contribution in [0.3, 0.4) is 0 Å². The summed E-state index contributed by atoms with van der Waals surface area (Å²) in [4.78, 5) is 25.4. The Morgan fingerprint density at radius 1 is 1.47 bits per heavy atom. The number of aryl methyl sites for hydroxylation is 1. The van der Waals surface area contributed by atoms with Crippen molar-refractivity contribution in [3.05, 3.63) is 29.8 Å². The van der Waals surface area contributed by atoms with Gasteiger partial charge in [0.1, 0.15) is 0 Å². The van der Waals surface area contributed by atoms with Crippen molar-refractivity contribution < 1.29 is 9.59 Å². The third-order valence-electron chi connectivity index (χ3n) is 3.27. The summed E-state index contributed by atoms with van der Waals surface area (Å²) in [6.07, 6.45) is 0. The van der Waals surface area contributed by atoms with Gasteiger partial charge >= 0.3 is 0 Å². The van der Waals surface area contributed by atoms with Gasteiger partial charge in [0, 0.05) is 18.8 Å². The minimum absolute atomic E-state index is 0.0221.